The van der Waals surface area contributed by atoms with Crippen molar-refractivity contribution in [2.45, 2.75) is 19.0 Å². The van der Waals surface area contributed by atoms with E-state index in [1.807, 2.05) is 6.92 Å². The Morgan fingerprint density at radius 1 is 1.10 bits per heavy atom. The minimum absolute atomic E-state index is 0.0566. The first-order valence-corrected chi connectivity index (χ1v) is 6.15. The second-order valence-corrected chi connectivity index (χ2v) is 4.47. The maximum Gasteiger partial charge on any atom is 0.416 e. The van der Waals surface area contributed by atoms with Crippen molar-refractivity contribution in [3.63, 3.8) is 0 Å². The van der Waals surface area contributed by atoms with Gasteiger partial charge in [0.25, 0.3) is 0 Å². The summed E-state index contributed by atoms with van der Waals surface area (Å²) in [6.45, 7) is 2.48. The van der Waals surface area contributed by atoms with Crippen LogP contribution in [-0.4, -0.2) is 16.5 Å². The molecule has 0 spiro atoms. The maximum atomic E-state index is 12.5. The van der Waals surface area contributed by atoms with Crippen LogP contribution in [0.25, 0.3) is 0 Å². The highest BCUT2D eigenvalue weighted by Crippen LogP contribution is 2.30. The maximum absolute atomic E-state index is 12.5. The Hall–Kier alpha value is -2.11. The van der Waals surface area contributed by atoms with Gasteiger partial charge in [0, 0.05) is 18.9 Å². The van der Waals surface area contributed by atoms with E-state index in [9.17, 15) is 13.2 Å². The standard InChI is InChI=1S/C14H14F3N3/c1-10(9-20-13-18-7-2-8-19-13)11-3-5-12(6-4-11)14(15,16)17/h2-8,10H,9H2,1H3,(H,18,19,20). The van der Waals surface area contributed by atoms with Crippen LogP contribution in [0, 0.1) is 0 Å². The van der Waals surface area contributed by atoms with Crippen LogP contribution in [0.3, 0.4) is 0 Å². The number of hydrogen-bond donors (Lipinski definition) is 1. The van der Waals surface area contributed by atoms with E-state index in [-0.39, 0.29) is 5.92 Å². The average Bonchev–Trinajstić information content (AvgIpc) is 2.45. The number of halogens is 3. The Labute approximate surface area is 114 Å². The monoisotopic (exact) mass is 281 g/mol. The summed E-state index contributed by atoms with van der Waals surface area (Å²) in [4.78, 5) is 8.04. The van der Waals surface area contributed by atoms with Crippen molar-refractivity contribution in [2.75, 3.05) is 11.9 Å². The molecule has 0 amide bonds. The van der Waals surface area contributed by atoms with Gasteiger partial charge < -0.3 is 5.32 Å². The third-order valence-electron chi connectivity index (χ3n) is 2.94. The molecule has 2 aromatic rings. The van der Waals surface area contributed by atoms with Crippen molar-refractivity contribution in [3.8, 4) is 0 Å². The molecule has 0 aliphatic heterocycles. The second-order valence-electron chi connectivity index (χ2n) is 4.47. The number of hydrogen-bond acceptors (Lipinski definition) is 3. The van der Waals surface area contributed by atoms with E-state index >= 15 is 0 Å². The van der Waals surface area contributed by atoms with E-state index in [4.69, 9.17) is 0 Å². The topological polar surface area (TPSA) is 37.8 Å². The van der Waals surface area contributed by atoms with Crippen molar-refractivity contribution >= 4 is 5.95 Å². The van der Waals surface area contributed by atoms with Gasteiger partial charge in [0.15, 0.2) is 0 Å². The Morgan fingerprint density at radius 2 is 1.70 bits per heavy atom. The highest BCUT2D eigenvalue weighted by Gasteiger charge is 2.30. The summed E-state index contributed by atoms with van der Waals surface area (Å²) < 4.78 is 37.4. The minimum atomic E-state index is -4.29. The van der Waals surface area contributed by atoms with Crippen LogP contribution in [0.4, 0.5) is 19.1 Å². The zero-order valence-electron chi connectivity index (χ0n) is 10.9. The summed E-state index contributed by atoms with van der Waals surface area (Å²) in [6, 6.07) is 6.92. The second kappa shape index (κ2) is 5.90. The number of benzene rings is 1. The van der Waals surface area contributed by atoms with Crippen LogP contribution in [-0.2, 0) is 6.18 Å². The summed E-state index contributed by atoms with van der Waals surface area (Å²) in [5, 5.41) is 3.04. The van der Waals surface area contributed by atoms with Crippen molar-refractivity contribution in [1.29, 1.82) is 0 Å². The molecule has 6 heteroatoms. The summed E-state index contributed by atoms with van der Waals surface area (Å²) in [5.74, 6) is 0.562. The molecule has 0 saturated heterocycles. The molecular formula is C14H14F3N3. The van der Waals surface area contributed by atoms with Crippen LogP contribution < -0.4 is 5.32 Å². The molecule has 1 aromatic carbocycles. The van der Waals surface area contributed by atoms with Gasteiger partial charge in [0.2, 0.25) is 5.95 Å². The number of aromatic nitrogens is 2. The predicted molar refractivity (Wildman–Crippen MR) is 70.4 cm³/mol. The quantitative estimate of drug-likeness (QED) is 0.928. The summed E-state index contributed by atoms with van der Waals surface area (Å²) in [7, 11) is 0. The Kier molecular flexibility index (Phi) is 4.22. The van der Waals surface area contributed by atoms with Gasteiger partial charge in [-0.3, -0.25) is 0 Å². The van der Waals surface area contributed by atoms with Gasteiger partial charge in [-0.1, -0.05) is 19.1 Å². The van der Waals surface area contributed by atoms with Crippen LogP contribution in [0.2, 0.25) is 0 Å². The molecule has 1 unspecified atom stereocenters. The fourth-order valence-electron chi connectivity index (χ4n) is 1.75. The molecule has 1 heterocycles. The van der Waals surface area contributed by atoms with E-state index in [1.165, 1.54) is 12.1 Å². The SMILES string of the molecule is CC(CNc1ncccn1)c1ccc(C(F)(F)F)cc1. The fraction of sp³-hybridized carbons (Fsp3) is 0.286. The van der Waals surface area contributed by atoms with Crippen LogP contribution in [0.1, 0.15) is 24.0 Å². The highest BCUT2D eigenvalue weighted by molar-refractivity contribution is 5.29. The van der Waals surface area contributed by atoms with Crippen LogP contribution >= 0.6 is 0 Å². The minimum Gasteiger partial charge on any atom is -0.354 e. The smallest absolute Gasteiger partial charge is 0.354 e. The van der Waals surface area contributed by atoms with Crippen molar-refractivity contribution < 1.29 is 13.2 Å². The van der Waals surface area contributed by atoms with Gasteiger partial charge in [0.1, 0.15) is 0 Å². The molecule has 0 aliphatic carbocycles. The average molecular weight is 281 g/mol. The predicted octanol–water partition coefficient (Wildman–Crippen LogP) is 3.71. The third kappa shape index (κ3) is 3.69. The number of rotatable bonds is 4. The Morgan fingerprint density at radius 3 is 2.25 bits per heavy atom. The van der Waals surface area contributed by atoms with E-state index in [1.54, 1.807) is 18.5 Å². The van der Waals surface area contributed by atoms with Crippen molar-refractivity contribution in [1.82, 2.24) is 9.97 Å². The molecule has 1 N–H and O–H groups in total. The van der Waals surface area contributed by atoms with Gasteiger partial charge >= 0.3 is 6.18 Å². The summed E-state index contributed by atoms with van der Waals surface area (Å²) in [5.41, 5.74) is 0.203. The van der Waals surface area contributed by atoms with E-state index in [0.717, 1.165) is 17.7 Å². The first kappa shape index (κ1) is 14.3. The lowest BCUT2D eigenvalue weighted by Crippen LogP contribution is -2.12. The molecule has 0 radical (unpaired) electrons. The Bertz CT molecular complexity index is 538. The molecule has 1 aromatic heterocycles. The molecule has 0 bridgehead atoms. The van der Waals surface area contributed by atoms with Gasteiger partial charge in [-0.25, -0.2) is 9.97 Å². The molecule has 2 rings (SSSR count). The van der Waals surface area contributed by atoms with Gasteiger partial charge in [0.05, 0.1) is 5.56 Å². The molecule has 0 saturated carbocycles. The molecule has 20 heavy (non-hydrogen) atoms. The zero-order valence-corrected chi connectivity index (χ0v) is 10.9. The fourth-order valence-corrected chi connectivity index (χ4v) is 1.75. The van der Waals surface area contributed by atoms with Gasteiger partial charge in [-0.2, -0.15) is 13.2 Å². The number of anilines is 1. The zero-order chi connectivity index (χ0) is 14.6. The lowest BCUT2D eigenvalue weighted by atomic mass is 10.00. The number of alkyl halides is 3. The molecule has 0 fully saturated rings. The van der Waals surface area contributed by atoms with Crippen LogP contribution in [0.15, 0.2) is 42.7 Å². The van der Waals surface area contributed by atoms with Crippen molar-refractivity contribution in [3.05, 3.63) is 53.9 Å². The van der Waals surface area contributed by atoms with Crippen LogP contribution in [0.5, 0.6) is 0 Å². The molecule has 106 valence electrons. The largest absolute Gasteiger partial charge is 0.416 e. The van der Waals surface area contributed by atoms with Crippen molar-refractivity contribution in [2.24, 2.45) is 0 Å². The van der Waals surface area contributed by atoms with E-state index in [2.05, 4.69) is 15.3 Å². The number of nitrogens with zero attached hydrogens (tertiary/aromatic N) is 2. The lowest BCUT2D eigenvalue weighted by molar-refractivity contribution is -0.137. The van der Waals surface area contributed by atoms with E-state index in [0.29, 0.717) is 12.5 Å². The molecular weight excluding hydrogens is 267 g/mol. The van der Waals surface area contributed by atoms with Gasteiger partial charge in [-0.15, -0.1) is 0 Å². The summed E-state index contributed by atoms with van der Waals surface area (Å²) >= 11 is 0. The first-order chi connectivity index (χ1) is 9.47. The third-order valence-corrected chi connectivity index (χ3v) is 2.94. The molecule has 3 nitrogen and oxygen atoms in total. The summed E-state index contributed by atoms with van der Waals surface area (Å²) in [6.07, 6.45) is -1.05. The first-order valence-electron chi connectivity index (χ1n) is 6.15. The number of nitrogens with one attached hydrogen (secondary N) is 1. The van der Waals surface area contributed by atoms with Gasteiger partial charge in [-0.05, 0) is 29.7 Å². The molecule has 0 aliphatic rings. The Balaban J connectivity index is 1.97. The lowest BCUT2D eigenvalue weighted by Gasteiger charge is -2.14. The van der Waals surface area contributed by atoms with E-state index < -0.39 is 11.7 Å². The highest BCUT2D eigenvalue weighted by atomic mass is 19.4. The normalized spacial score (nSPS) is 13.0. The molecule has 1 atom stereocenters.